The van der Waals surface area contributed by atoms with Crippen molar-refractivity contribution in [2.45, 2.75) is 32.9 Å². The molecule has 1 aromatic carbocycles. The first kappa shape index (κ1) is 23.1. The fourth-order valence-corrected chi connectivity index (χ4v) is 4.02. The first-order valence-corrected chi connectivity index (χ1v) is 11.1. The number of methoxy groups -OCH3 is 1. The van der Waals surface area contributed by atoms with Gasteiger partial charge in [-0.25, -0.2) is 9.78 Å². The summed E-state index contributed by atoms with van der Waals surface area (Å²) in [4.78, 5) is 31.3. The Morgan fingerprint density at radius 1 is 1.26 bits per heavy atom. The van der Waals surface area contributed by atoms with E-state index in [1.165, 1.54) is 9.70 Å². The van der Waals surface area contributed by atoms with E-state index in [9.17, 15) is 14.7 Å². The summed E-state index contributed by atoms with van der Waals surface area (Å²) in [5.74, 6) is 0.930. The molecular weight excluding hydrogens is 438 g/mol. The maximum atomic E-state index is 12.7. The molecule has 2 N–H and O–H groups in total. The number of carboxylic acid groups (broad SMARTS) is 1. The average Bonchev–Trinajstić information content (AvgIpc) is 3.31. The number of tetrazole rings is 1. The number of amides is 2. The van der Waals surface area contributed by atoms with Gasteiger partial charge in [-0.2, -0.15) is 4.80 Å². The van der Waals surface area contributed by atoms with Crippen LogP contribution in [0.3, 0.4) is 0 Å². The number of pyridine rings is 1. The van der Waals surface area contributed by atoms with Gasteiger partial charge in [0, 0.05) is 30.9 Å². The zero-order chi connectivity index (χ0) is 24.1. The van der Waals surface area contributed by atoms with Gasteiger partial charge in [0.1, 0.15) is 11.4 Å². The summed E-state index contributed by atoms with van der Waals surface area (Å²) in [5.41, 5.74) is 2.47. The van der Waals surface area contributed by atoms with Crippen LogP contribution in [0.5, 0.6) is 5.75 Å². The number of benzene rings is 1. The van der Waals surface area contributed by atoms with Gasteiger partial charge in [-0.3, -0.25) is 4.79 Å². The Balaban J connectivity index is 1.43. The molecule has 11 nitrogen and oxygen atoms in total. The van der Waals surface area contributed by atoms with Gasteiger partial charge < -0.3 is 20.1 Å². The van der Waals surface area contributed by atoms with Crippen LogP contribution < -0.4 is 10.1 Å². The first-order valence-electron chi connectivity index (χ1n) is 11.1. The Kier molecular flexibility index (Phi) is 7.00. The van der Waals surface area contributed by atoms with Crippen LogP contribution in [0.1, 0.15) is 34.6 Å². The van der Waals surface area contributed by atoms with E-state index in [0.717, 1.165) is 24.2 Å². The van der Waals surface area contributed by atoms with E-state index in [-0.39, 0.29) is 17.5 Å². The van der Waals surface area contributed by atoms with Gasteiger partial charge in [0.2, 0.25) is 5.82 Å². The maximum Gasteiger partial charge on any atom is 0.407 e. The number of carbonyl (C=O) groups is 2. The van der Waals surface area contributed by atoms with Crippen molar-refractivity contribution in [3.63, 3.8) is 0 Å². The molecule has 0 saturated carbocycles. The van der Waals surface area contributed by atoms with Gasteiger partial charge in [-0.05, 0) is 60.7 Å². The van der Waals surface area contributed by atoms with Crippen molar-refractivity contribution in [3.8, 4) is 17.1 Å². The number of hydrogen-bond acceptors (Lipinski definition) is 7. The SMILES string of the molecule is COc1cccc(CNC(=O)c2cc(-c3nnn(CC4CCCN(C(=O)O)C4)n3)cc(C)n2)c1. The van der Waals surface area contributed by atoms with Crippen LogP contribution in [0.15, 0.2) is 36.4 Å². The second-order valence-corrected chi connectivity index (χ2v) is 8.32. The molecule has 1 saturated heterocycles. The summed E-state index contributed by atoms with van der Waals surface area (Å²) in [6.07, 6.45) is 0.824. The molecule has 0 radical (unpaired) electrons. The van der Waals surface area contributed by atoms with Crippen LogP contribution >= 0.6 is 0 Å². The van der Waals surface area contributed by atoms with Crippen molar-refractivity contribution >= 4 is 12.0 Å². The van der Waals surface area contributed by atoms with Crippen molar-refractivity contribution in [3.05, 3.63) is 53.3 Å². The summed E-state index contributed by atoms with van der Waals surface area (Å²) < 4.78 is 5.22. The lowest BCUT2D eigenvalue weighted by atomic mass is 9.99. The second kappa shape index (κ2) is 10.3. The van der Waals surface area contributed by atoms with E-state index >= 15 is 0 Å². The average molecular weight is 466 g/mol. The number of hydrogen-bond donors (Lipinski definition) is 2. The molecule has 11 heteroatoms. The van der Waals surface area contributed by atoms with Gasteiger partial charge in [-0.1, -0.05) is 12.1 Å². The fourth-order valence-electron chi connectivity index (χ4n) is 4.02. The Bertz CT molecular complexity index is 1180. The normalized spacial score (nSPS) is 15.7. The van der Waals surface area contributed by atoms with Gasteiger partial charge in [0.05, 0.1) is 13.7 Å². The maximum absolute atomic E-state index is 12.7. The molecule has 34 heavy (non-hydrogen) atoms. The quantitative estimate of drug-likeness (QED) is 0.543. The molecule has 2 amide bonds. The van der Waals surface area contributed by atoms with E-state index in [2.05, 4.69) is 25.7 Å². The fraction of sp³-hybridized carbons (Fsp3) is 0.391. The topological polar surface area (TPSA) is 135 Å². The summed E-state index contributed by atoms with van der Waals surface area (Å²) in [7, 11) is 1.60. The Morgan fingerprint density at radius 3 is 2.91 bits per heavy atom. The second-order valence-electron chi connectivity index (χ2n) is 8.32. The molecule has 1 unspecified atom stereocenters. The van der Waals surface area contributed by atoms with Crippen LogP contribution in [-0.4, -0.2) is 67.4 Å². The lowest BCUT2D eigenvalue weighted by Crippen LogP contribution is -2.40. The number of rotatable bonds is 7. The highest BCUT2D eigenvalue weighted by Crippen LogP contribution is 2.20. The number of nitrogens with zero attached hydrogens (tertiary/aromatic N) is 6. The van der Waals surface area contributed by atoms with Crippen molar-refractivity contribution in [1.29, 1.82) is 0 Å². The smallest absolute Gasteiger partial charge is 0.407 e. The highest BCUT2D eigenvalue weighted by Gasteiger charge is 2.24. The molecule has 1 atom stereocenters. The van der Waals surface area contributed by atoms with Crippen molar-refractivity contribution < 1.29 is 19.4 Å². The standard InChI is InChI=1S/C23H27N7O4/c1-15-9-18(11-20(25-15)22(31)24-12-16-5-3-7-19(10-16)34-2)21-26-28-30(27-21)14-17-6-4-8-29(13-17)23(32)33/h3,5,7,9-11,17H,4,6,8,12-14H2,1-2H3,(H,24,31)(H,32,33). The number of piperidine rings is 1. The van der Waals surface area contributed by atoms with E-state index < -0.39 is 6.09 Å². The van der Waals surface area contributed by atoms with Crippen LogP contribution in [0.2, 0.25) is 0 Å². The van der Waals surface area contributed by atoms with Crippen LogP contribution in [-0.2, 0) is 13.1 Å². The number of nitrogens with one attached hydrogen (secondary N) is 1. The molecule has 2 aromatic heterocycles. The van der Waals surface area contributed by atoms with Crippen molar-refractivity contribution in [1.82, 2.24) is 35.4 Å². The Hall–Kier alpha value is -4.02. The number of carbonyl (C=O) groups excluding carboxylic acids is 1. The molecule has 0 spiro atoms. The third-order valence-electron chi connectivity index (χ3n) is 5.70. The zero-order valence-electron chi connectivity index (χ0n) is 19.1. The summed E-state index contributed by atoms with van der Waals surface area (Å²) in [6.45, 7) is 3.63. The number of aryl methyl sites for hydroxylation is 1. The molecular formula is C23H27N7O4. The number of aromatic nitrogens is 5. The first-order chi connectivity index (χ1) is 16.4. The number of likely N-dealkylation sites (tertiary alicyclic amines) is 1. The van der Waals surface area contributed by atoms with Crippen LogP contribution in [0.4, 0.5) is 4.79 Å². The van der Waals surface area contributed by atoms with E-state index in [1.54, 1.807) is 26.2 Å². The molecule has 1 fully saturated rings. The van der Waals surface area contributed by atoms with E-state index in [0.29, 0.717) is 43.3 Å². The van der Waals surface area contributed by atoms with E-state index in [4.69, 9.17) is 4.74 Å². The molecule has 178 valence electrons. The minimum Gasteiger partial charge on any atom is -0.497 e. The molecule has 3 aromatic rings. The third-order valence-corrected chi connectivity index (χ3v) is 5.70. The molecule has 0 bridgehead atoms. The lowest BCUT2D eigenvalue weighted by Gasteiger charge is -2.30. The third kappa shape index (κ3) is 5.66. The van der Waals surface area contributed by atoms with Crippen molar-refractivity contribution in [2.24, 2.45) is 5.92 Å². The predicted molar refractivity (Wildman–Crippen MR) is 122 cm³/mol. The van der Waals surface area contributed by atoms with Gasteiger partial charge in [-0.15, -0.1) is 10.2 Å². The largest absolute Gasteiger partial charge is 0.497 e. The van der Waals surface area contributed by atoms with Crippen LogP contribution in [0, 0.1) is 12.8 Å². The van der Waals surface area contributed by atoms with Gasteiger partial charge >= 0.3 is 6.09 Å². The summed E-state index contributed by atoms with van der Waals surface area (Å²) >= 11 is 0. The van der Waals surface area contributed by atoms with Gasteiger partial charge in [0.15, 0.2) is 0 Å². The van der Waals surface area contributed by atoms with Gasteiger partial charge in [0.25, 0.3) is 5.91 Å². The van der Waals surface area contributed by atoms with Crippen LogP contribution in [0.25, 0.3) is 11.4 Å². The Labute approximate surface area is 196 Å². The molecule has 1 aliphatic rings. The predicted octanol–water partition coefficient (Wildman–Crippen LogP) is 2.37. The monoisotopic (exact) mass is 465 g/mol. The Morgan fingerprint density at radius 2 is 2.12 bits per heavy atom. The minimum absolute atomic E-state index is 0.129. The summed E-state index contributed by atoms with van der Waals surface area (Å²) in [6, 6.07) is 10.9. The molecule has 1 aliphatic heterocycles. The molecule has 4 rings (SSSR count). The minimum atomic E-state index is -0.901. The summed E-state index contributed by atoms with van der Waals surface area (Å²) in [5, 5.41) is 24.8. The highest BCUT2D eigenvalue weighted by molar-refractivity contribution is 5.93. The van der Waals surface area contributed by atoms with Crippen molar-refractivity contribution in [2.75, 3.05) is 20.2 Å². The lowest BCUT2D eigenvalue weighted by molar-refractivity contribution is 0.0945. The highest BCUT2D eigenvalue weighted by atomic mass is 16.5. The molecule has 3 heterocycles. The molecule has 0 aliphatic carbocycles. The van der Waals surface area contributed by atoms with E-state index in [1.807, 2.05) is 24.3 Å². The number of ether oxygens (including phenoxy) is 1. The zero-order valence-corrected chi connectivity index (χ0v) is 19.1.